The molecule has 0 aliphatic carbocycles. The highest BCUT2D eigenvalue weighted by Crippen LogP contribution is 2.08. The first-order valence-electron chi connectivity index (χ1n) is 5.75. The van der Waals surface area contributed by atoms with E-state index in [0.29, 0.717) is 24.3 Å². The van der Waals surface area contributed by atoms with E-state index in [4.69, 9.17) is 0 Å². The molecule has 2 N–H and O–H groups in total. The first-order valence-corrected chi connectivity index (χ1v) is 5.75. The Bertz CT molecular complexity index is 562. The Labute approximate surface area is 104 Å². The number of H-pyrrole nitrogens is 1. The van der Waals surface area contributed by atoms with Gasteiger partial charge >= 0.3 is 0 Å². The van der Waals surface area contributed by atoms with Gasteiger partial charge in [-0.3, -0.25) is 14.4 Å². The first kappa shape index (κ1) is 12.3. The molecule has 2 amide bonds. The maximum atomic E-state index is 12.2. The number of aromatic amines is 1. The van der Waals surface area contributed by atoms with Crippen LogP contribution in [0.5, 0.6) is 0 Å². The van der Waals surface area contributed by atoms with Crippen LogP contribution in [0.2, 0.25) is 0 Å². The molecule has 1 aliphatic rings. The molecule has 0 saturated carbocycles. The van der Waals surface area contributed by atoms with Crippen LogP contribution in [0.15, 0.2) is 10.9 Å². The molecule has 0 bridgehead atoms. The number of aromatic nitrogens is 1. The minimum absolute atomic E-state index is 0.00555. The Kier molecular flexibility index (Phi) is 3.18. The van der Waals surface area contributed by atoms with Gasteiger partial charge in [0, 0.05) is 18.8 Å². The van der Waals surface area contributed by atoms with Crippen molar-refractivity contribution in [3.05, 3.63) is 33.2 Å². The molecule has 0 aromatic carbocycles. The van der Waals surface area contributed by atoms with Gasteiger partial charge < -0.3 is 15.2 Å². The minimum Gasteiger partial charge on any atom is -0.353 e. The quantitative estimate of drug-likeness (QED) is 0.708. The number of pyridine rings is 1. The van der Waals surface area contributed by atoms with Crippen LogP contribution >= 0.6 is 0 Å². The van der Waals surface area contributed by atoms with Gasteiger partial charge in [0.1, 0.15) is 5.56 Å². The molecule has 1 aliphatic heterocycles. The second-order valence-electron chi connectivity index (χ2n) is 4.42. The summed E-state index contributed by atoms with van der Waals surface area (Å²) in [5.41, 5.74) is 1.07. The maximum Gasteiger partial charge on any atom is 0.261 e. The lowest BCUT2D eigenvalue weighted by Crippen LogP contribution is -2.51. The standard InChI is InChI=1S/C12H15N3O3/c1-7-5-8(2)14-11(17)10(7)12(18)15-4-3-13-9(16)6-15/h5H,3-4,6H2,1-2H3,(H,13,16)(H,14,17). The van der Waals surface area contributed by atoms with E-state index in [-0.39, 0.29) is 23.9 Å². The third kappa shape index (κ3) is 2.27. The summed E-state index contributed by atoms with van der Waals surface area (Å²) in [4.78, 5) is 39.3. The van der Waals surface area contributed by atoms with Gasteiger partial charge in [0.2, 0.25) is 5.91 Å². The predicted molar refractivity (Wildman–Crippen MR) is 65.4 cm³/mol. The minimum atomic E-state index is -0.400. The van der Waals surface area contributed by atoms with E-state index in [1.807, 2.05) is 0 Å². The van der Waals surface area contributed by atoms with Crippen LogP contribution in [-0.2, 0) is 4.79 Å². The van der Waals surface area contributed by atoms with E-state index in [1.54, 1.807) is 19.9 Å². The number of hydrogen-bond donors (Lipinski definition) is 2. The summed E-state index contributed by atoms with van der Waals surface area (Å²) in [5.74, 6) is -0.584. The van der Waals surface area contributed by atoms with Gasteiger partial charge in [0.05, 0.1) is 6.54 Å². The first-order chi connectivity index (χ1) is 8.49. The highest BCUT2D eigenvalue weighted by atomic mass is 16.2. The second kappa shape index (κ2) is 4.64. The molecule has 1 aromatic rings. The average Bonchev–Trinajstić information content (AvgIpc) is 2.27. The van der Waals surface area contributed by atoms with Crippen LogP contribution in [0.1, 0.15) is 21.6 Å². The van der Waals surface area contributed by atoms with E-state index in [9.17, 15) is 14.4 Å². The molecule has 0 unspecified atom stereocenters. The van der Waals surface area contributed by atoms with Crippen LogP contribution in [0, 0.1) is 13.8 Å². The van der Waals surface area contributed by atoms with Crippen molar-refractivity contribution in [2.24, 2.45) is 0 Å². The van der Waals surface area contributed by atoms with Gasteiger partial charge in [0.25, 0.3) is 11.5 Å². The number of aryl methyl sites for hydroxylation is 2. The number of hydrogen-bond acceptors (Lipinski definition) is 3. The molecule has 1 fully saturated rings. The number of carbonyl (C=O) groups excluding carboxylic acids is 2. The Hall–Kier alpha value is -2.11. The van der Waals surface area contributed by atoms with Crippen LogP contribution in [0.25, 0.3) is 0 Å². The van der Waals surface area contributed by atoms with Gasteiger partial charge in [-0.1, -0.05) is 0 Å². The number of piperazine rings is 1. The second-order valence-corrected chi connectivity index (χ2v) is 4.42. The maximum absolute atomic E-state index is 12.2. The zero-order chi connectivity index (χ0) is 13.3. The molecule has 2 heterocycles. The van der Waals surface area contributed by atoms with E-state index in [0.717, 1.165) is 0 Å². The van der Waals surface area contributed by atoms with Gasteiger partial charge in [-0.25, -0.2) is 0 Å². The summed E-state index contributed by atoms with van der Waals surface area (Å²) >= 11 is 0. The largest absolute Gasteiger partial charge is 0.353 e. The molecule has 1 aromatic heterocycles. The fourth-order valence-electron chi connectivity index (χ4n) is 2.09. The summed E-state index contributed by atoms with van der Waals surface area (Å²) in [6, 6.07) is 1.75. The highest BCUT2D eigenvalue weighted by molar-refractivity contribution is 5.97. The summed E-state index contributed by atoms with van der Waals surface area (Å²) in [5, 5.41) is 2.64. The van der Waals surface area contributed by atoms with Crippen molar-refractivity contribution >= 4 is 11.8 Å². The van der Waals surface area contributed by atoms with Crippen molar-refractivity contribution < 1.29 is 9.59 Å². The molecule has 2 rings (SSSR count). The Morgan fingerprint density at radius 1 is 1.33 bits per heavy atom. The lowest BCUT2D eigenvalue weighted by atomic mass is 10.1. The van der Waals surface area contributed by atoms with Gasteiger partial charge in [-0.2, -0.15) is 0 Å². The van der Waals surface area contributed by atoms with Crippen LogP contribution in [0.4, 0.5) is 0 Å². The Balaban J connectivity index is 2.34. The molecule has 0 spiro atoms. The van der Waals surface area contributed by atoms with Gasteiger partial charge in [-0.15, -0.1) is 0 Å². The third-order valence-electron chi connectivity index (χ3n) is 2.90. The van der Waals surface area contributed by atoms with Crippen LogP contribution < -0.4 is 10.9 Å². The molecular formula is C12H15N3O3. The summed E-state index contributed by atoms with van der Waals surface area (Å²) in [7, 11) is 0. The topological polar surface area (TPSA) is 82.3 Å². The highest BCUT2D eigenvalue weighted by Gasteiger charge is 2.25. The lowest BCUT2D eigenvalue weighted by molar-refractivity contribution is -0.123. The predicted octanol–water partition coefficient (Wildman–Crippen LogP) is -0.436. The van der Waals surface area contributed by atoms with Gasteiger partial charge in [-0.05, 0) is 25.5 Å². The molecule has 0 radical (unpaired) electrons. The molecule has 18 heavy (non-hydrogen) atoms. The van der Waals surface area contributed by atoms with Crippen molar-refractivity contribution in [1.82, 2.24) is 15.2 Å². The fraction of sp³-hybridized carbons (Fsp3) is 0.417. The van der Waals surface area contributed by atoms with E-state index >= 15 is 0 Å². The zero-order valence-electron chi connectivity index (χ0n) is 10.4. The van der Waals surface area contributed by atoms with Crippen LogP contribution in [0.3, 0.4) is 0 Å². The molecule has 6 heteroatoms. The zero-order valence-corrected chi connectivity index (χ0v) is 10.4. The molecule has 6 nitrogen and oxygen atoms in total. The number of amides is 2. The van der Waals surface area contributed by atoms with Crippen molar-refractivity contribution in [3.63, 3.8) is 0 Å². The number of nitrogens with one attached hydrogen (secondary N) is 2. The van der Waals surface area contributed by atoms with E-state index in [1.165, 1.54) is 4.90 Å². The summed E-state index contributed by atoms with van der Waals surface area (Å²) < 4.78 is 0. The molecule has 96 valence electrons. The summed E-state index contributed by atoms with van der Waals surface area (Å²) in [6.45, 7) is 4.34. The lowest BCUT2D eigenvalue weighted by Gasteiger charge is -2.26. The summed E-state index contributed by atoms with van der Waals surface area (Å²) in [6.07, 6.45) is 0. The number of rotatable bonds is 1. The third-order valence-corrected chi connectivity index (χ3v) is 2.90. The molecular weight excluding hydrogens is 234 g/mol. The Morgan fingerprint density at radius 3 is 2.67 bits per heavy atom. The molecule has 1 saturated heterocycles. The number of carbonyl (C=O) groups is 2. The fourth-order valence-corrected chi connectivity index (χ4v) is 2.09. The smallest absolute Gasteiger partial charge is 0.261 e. The van der Waals surface area contributed by atoms with Crippen LogP contribution in [-0.4, -0.2) is 41.3 Å². The van der Waals surface area contributed by atoms with Crippen molar-refractivity contribution in [2.75, 3.05) is 19.6 Å². The van der Waals surface area contributed by atoms with Crippen molar-refractivity contribution in [3.8, 4) is 0 Å². The molecule has 0 atom stereocenters. The Morgan fingerprint density at radius 2 is 2.06 bits per heavy atom. The monoisotopic (exact) mass is 249 g/mol. The normalized spacial score (nSPS) is 15.4. The van der Waals surface area contributed by atoms with Gasteiger partial charge in [0.15, 0.2) is 0 Å². The SMILES string of the molecule is Cc1cc(C)c(C(=O)N2CCNC(=O)C2)c(=O)[nH]1. The van der Waals surface area contributed by atoms with Crippen molar-refractivity contribution in [1.29, 1.82) is 0 Å². The van der Waals surface area contributed by atoms with E-state index in [2.05, 4.69) is 10.3 Å². The van der Waals surface area contributed by atoms with E-state index < -0.39 is 5.56 Å². The average molecular weight is 249 g/mol. The number of nitrogens with zero attached hydrogens (tertiary/aromatic N) is 1. The van der Waals surface area contributed by atoms with Crippen molar-refractivity contribution in [2.45, 2.75) is 13.8 Å².